The summed E-state index contributed by atoms with van der Waals surface area (Å²) in [6.45, 7) is 42.7. The van der Waals surface area contributed by atoms with Gasteiger partial charge < -0.3 is 0 Å². The van der Waals surface area contributed by atoms with E-state index in [4.69, 9.17) is 0 Å². The van der Waals surface area contributed by atoms with E-state index < -0.39 is 0 Å². The Balaban J connectivity index is 1.46. The molecule has 0 heteroatoms. The van der Waals surface area contributed by atoms with Crippen LogP contribution in [0, 0.1) is 0 Å². The van der Waals surface area contributed by atoms with Gasteiger partial charge in [-0.05, 0) is 181 Å². The molecule has 0 N–H and O–H groups in total. The minimum Gasteiger partial charge on any atom is -0.0616 e. The van der Waals surface area contributed by atoms with Gasteiger partial charge in [-0.3, -0.25) is 0 Å². The van der Waals surface area contributed by atoms with E-state index in [1.807, 2.05) is 0 Å². The van der Waals surface area contributed by atoms with Gasteiger partial charge in [0, 0.05) is 0 Å². The standard InChI is InChI=1S/C72H76/c1-67(2,3)43-29-32-59(72(16,17)18)56(39-43)50-30-31-55-62-52(50)26-22-28-54(62)66-61(42-35-46(70(10,11)12)38-47(36-42)71(13,14)15)64-53-27-21-25-51-48-23-19-20-24-49(48)57(63(51)53)40-58(64)60(65(55)66)41-33-44(68(4,5)6)37-45(34-41)69(7,8)9/h19-40H,1-18H3. The summed E-state index contributed by atoms with van der Waals surface area (Å²) in [5.41, 5.74) is 15.8. The minimum atomic E-state index is -0.0666. The van der Waals surface area contributed by atoms with Gasteiger partial charge in [0.25, 0.3) is 0 Å². The zero-order chi connectivity index (χ0) is 51.6. The maximum absolute atomic E-state index is 2.62. The van der Waals surface area contributed by atoms with E-state index in [0.717, 1.165) is 0 Å². The Morgan fingerprint density at radius 1 is 0.222 bits per heavy atom. The van der Waals surface area contributed by atoms with Gasteiger partial charge in [-0.15, -0.1) is 0 Å². The van der Waals surface area contributed by atoms with Crippen LogP contribution in [0.15, 0.2) is 133 Å². The smallest absolute Gasteiger partial charge is 0.000719 e. The van der Waals surface area contributed by atoms with Crippen LogP contribution in [0.4, 0.5) is 0 Å². The van der Waals surface area contributed by atoms with E-state index >= 15 is 0 Å². The first-order chi connectivity index (χ1) is 33.5. The predicted octanol–water partition coefficient (Wildman–Crippen LogP) is 21.4. The van der Waals surface area contributed by atoms with Crippen LogP contribution in [0.25, 0.3) is 109 Å². The summed E-state index contributed by atoms with van der Waals surface area (Å²) in [6, 6.07) is 53.6. The molecule has 0 spiro atoms. The lowest BCUT2D eigenvalue weighted by Gasteiger charge is -2.28. The van der Waals surface area contributed by atoms with Gasteiger partial charge in [-0.1, -0.05) is 252 Å². The van der Waals surface area contributed by atoms with Crippen molar-refractivity contribution in [2.75, 3.05) is 0 Å². The Kier molecular flexibility index (Phi) is 10.4. The molecular formula is C72H76. The molecule has 0 aliphatic carbocycles. The molecule has 0 nitrogen and oxygen atoms in total. The lowest BCUT2D eigenvalue weighted by molar-refractivity contribution is 0.568. The molecule has 0 heterocycles. The minimum absolute atomic E-state index is 0.00571. The molecule has 0 atom stereocenters. The topological polar surface area (TPSA) is 0 Å². The Bertz CT molecular complexity index is 3930. The zero-order valence-corrected chi connectivity index (χ0v) is 46.7. The second-order valence-corrected chi connectivity index (χ2v) is 27.9. The summed E-state index contributed by atoms with van der Waals surface area (Å²) in [7, 11) is 0. The highest BCUT2D eigenvalue weighted by atomic mass is 14.3. The van der Waals surface area contributed by atoms with E-state index in [-0.39, 0.29) is 32.5 Å². The number of benzene rings is 9. The van der Waals surface area contributed by atoms with Gasteiger partial charge in [0.05, 0.1) is 0 Å². The summed E-state index contributed by atoms with van der Waals surface area (Å²) in [4.78, 5) is 0. The fraction of sp³-hybridized carbons (Fsp3) is 0.333. The third kappa shape index (κ3) is 7.52. The summed E-state index contributed by atoms with van der Waals surface area (Å²) >= 11 is 0. The van der Waals surface area contributed by atoms with E-state index in [0.29, 0.717) is 0 Å². The van der Waals surface area contributed by atoms with Crippen molar-refractivity contribution in [3.05, 3.63) is 167 Å². The highest BCUT2D eigenvalue weighted by molar-refractivity contribution is 6.45. The van der Waals surface area contributed by atoms with Gasteiger partial charge in [0.1, 0.15) is 0 Å². The fourth-order valence-electron chi connectivity index (χ4n) is 12.2. The summed E-state index contributed by atoms with van der Waals surface area (Å²) in [5, 5.41) is 18.7. The lowest BCUT2D eigenvalue weighted by Crippen LogP contribution is -2.16. The first-order valence-corrected chi connectivity index (χ1v) is 26.8. The highest BCUT2D eigenvalue weighted by Gasteiger charge is 2.32. The second-order valence-electron chi connectivity index (χ2n) is 27.9. The normalized spacial score (nSPS) is 13.7. The van der Waals surface area contributed by atoms with Gasteiger partial charge in [-0.25, -0.2) is 0 Å². The van der Waals surface area contributed by atoms with Crippen LogP contribution in [0.5, 0.6) is 0 Å². The molecule has 0 aromatic heterocycles. The van der Waals surface area contributed by atoms with E-state index in [1.165, 1.54) is 142 Å². The van der Waals surface area contributed by atoms with Crippen LogP contribution in [0.3, 0.4) is 0 Å². The Labute approximate surface area is 430 Å². The van der Waals surface area contributed by atoms with Crippen molar-refractivity contribution in [3.8, 4) is 33.4 Å². The van der Waals surface area contributed by atoms with E-state index in [2.05, 4.69) is 258 Å². The molecule has 0 amide bonds. The summed E-state index contributed by atoms with van der Waals surface area (Å²) < 4.78 is 0. The third-order valence-electron chi connectivity index (χ3n) is 16.4. The molecule has 0 saturated carbocycles. The largest absolute Gasteiger partial charge is 0.0616 e. The second kappa shape index (κ2) is 15.6. The maximum Gasteiger partial charge on any atom is -0.000719 e. The van der Waals surface area contributed by atoms with Crippen molar-refractivity contribution in [1.29, 1.82) is 0 Å². The fourth-order valence-corrected chi connectivity index (χ4v) is 12.2. The highest BCUT2D eigenvalue weighted by Crippen LogP contribution is 2.57. The van der Waals surface area contributed by atoms with E-state index in [1.54, 1.807) is 0 Å². The average Bonchev–Trinajstić information content (AvgIpc) is 3.80. The zero-order valence-electron chi connectivity index (χ0n) is 46.7. The molecule has 11 aromatic rings. The predicted molar refractivity (Wildman–Crippen MR) is 320 cm³/mol. The Morgan fingerprint density at radius 2 is 0.639 bits per heavy atom. The van der Waals surface area contributed by atoms with Crippen molar-refractivity contribution in [1.82, 2.24) is 0 Å². The molecule has 0 fully saturated rings. The van der Waals surface area contributed by atoms with Crippen LogP contribution >= 0.6 is 0 Å². The Morgan fingerprint density at radius 3 is 1.15 bits per heavy atom. The van der Waals surface area contributed by atoms with Crippen molar-refractivity contribution in [2.24, 2.45) is 0 Å². The first kappa shape index (κ1) is 48.1. The molecule has 0 aliphatic rings. The molecule has 0 saturated heterocycles. The molecule has 0 unspecified atom stereocenters. The van der Waals surface area contributed by atoms with Crippen molar-refractivity contribution >= 4 is 75.4 Å². The third-order valence-corrected chi connectivity index (χ3v) is 16.4. The van der Waals surface area contributed by atoms with Gasteiger partial charge in [-0.2, -0.15) is 0 Å². The number of hydrogen-bond acceptors (Lipinski definition) is 0. The Hall–Kier alpha value is -6.24. The number of rotatable bonds is 3. The van der Waals surface area contributed by atoms with Gasteiger partial charge in [0.15, 0.2) is 0 Å². The van der Waals surface area contributed by atoms with Crippen LogP contribution < -0.4 is 0 Å². The van der Waals surface area contributed by atoms with Crippen LogP contribution in [0.2, 0.25) is 0 Å². The average molecular weight is 941 g/mol. The van der Waals surface area contributed by atoms with Crippen LogP contribution in [0.1, 0.15) is 158 Å². The van der Waals surface area contributed by atoms with Gasteiger partial charge in [0.2, 0.25) is 0 Å². The molecule has 364 valence electrons. The van der Waals surface area contributed by atoms with Crippen LogP contribution in [-0.2, 0) is 32.5 Å². The molecule has 11 rings (SSSR count). The monoisotopic (exact) mass is 941 g/mol. The molecule has 0 radical (unpaired) electrons. The lowest BCUT2D eigenvalue weighted by atomic mass is 9.76. The van der Waals surface area contributed by atoms with Crippen molar-refractivity contribution in [3.63, 3.8) is 0 Å². The molecule has 72 heavy (non-hydrogen) atoms. The first-order valence-electron chi connectivity index (χ1n) is 26.8. The number of fused-ring (bicyclic) bond motifs is 8. The maximum atomic E-state index is 2.62. The van der Waals surface area contributed by atoms with Gasteiger partial charge >= 0.3 is 0 Å². The summed E-state index contributed by atoms with van der Waals surface area (Å²) in [6.07, 6.45) is 0. The van der Waals surface area contributed by atoms with Crippen molar-refractivity contribution in [2.45, 2.75) is 157 Å². The van der Waals surface area contributed by atoms with Crippen LogP contribution in [-0.4, -0.2) is 0 Å². The van der Waals surface area contributed by atoms with Crippen molar-refractivity contribution < 1.29 is 0 Å². The molecule has 0 bridgehead atoms. The van der Waals surface area contributed by atoms with E-state index in [9.17, 15) is 0 Å². The quantitative estimate of drug-likeness (QED) is 0.155. The molecular weight excluding hydrogens is 865 g/mol. The summed E-state index contributed by atoms with van der Waals surface area (Å²) in [5.74, 6) is 0. The molecule has 11 aromatic carbocycles. The molecule has 0 aliphatic heterocycles. The SMILES string of the molecule is CC(C)(C)c1cc(-c2c3cc4c5ccccc5c5cccc(c3c(-c3cc(C(C)(C)C)cc(C(C)(C)C)c3)c3c6cccc7c(-c8cc(C(C)(C)C)ccc8C(C)(C)C)ccc(c23)c76)c54)cc(C(C)(C)C)c1. The number of hydrogen-bond donors (Lipinski definition) is 0.